The zero-order valence-electron chi connectivity index (χ0n) is 17.4. The van der Waals surface area contributed by atoms with E-state index in [-0.39, 0.29) is 11.8 Å². The number of aromatic nitrogens is 1. The molecule has 31 heavy (non-hydrogen) atoms. The van der Waals surface area contributed by atoms with Gasteiger partial charge in [0.05, 0.1) is 4.70 Å². The molecular weight excluding hydrogens is 408 g/mol. The lowest BCUT2D eigenvalue weighted by Crippen LogP contribution is -2.42. The van der Waals surface area contributed by atoms with E-state index in [1.807, 2.05) is 67.6 Å². The van der Waals surface area contributed by atoms with E-state index in [1.54, 1.807) is 6.08 Å². The second-order valence-electron chi connectivity index (χ2n) is 6.90. The van der Waals surface area contributed by atoms with Crippen molar-refractivity contribution < 1.29 is 9.59 Å². The molecule has 0 spiro atoms. The van der Waals surface area contributed by atoms with Gasteiger partial charge in [-0.2, -0.15) is 4.37 Å². The normalized spacial score (nSPS) is 11.9. The van der Waals surface area contributed by atoms with E-state index in [2.05, 4.69) is 26.9 Å². The minimum absolute atomic E-state index is 0.281. The van der Waals surface area contributed by atoms with E-state index in [1.165, 1.54) is 11.5 Å². The summed E-state index contributed by atoms with van der Waals surface area (Å²) < 4.78 is 5.53. The van der Waals surface area contributed by atoms with Crippen LogP contribution in [-0.4, -0.2) is 29.3 Å². The van der Waals surface area contributed by atoms with Crippen LogP contribution in [0.25, 0.3) is 10.1 Å². The zero-order valence-corrected chi connectivity index (χ0v) is 18.2. The molecule has 1 heterocycles. The quantitative estimate of drug-likeness (QED) is 0.254. The summed E-state index contributed by atoms with van der Waals surface area (Å²) >= 11 is 1.43. The molecule has 160 valence electrons. The first kappa shape index (κ1) is 22.2. The Morgan fingerprint density at radius 3 is 2.61 bits per heavy atom. The average Bonchev–Trinajstić information content (AvgIpc) is 3.22. The third-order valence-electron chi connectivity index (χ3n) is 4.61. The molecule has 0 saturated carbocycles. The van der Waals surface area contributed by atoms with Crippen molar-refractivity contribution in [2.24, 2.45) is 0 Å². The highest BCUT2D eigenvalue weighted by atomic mass is 32.1. The van der Waals surface area contributed by atoms with Gasteiger partial charge in [-0.15, -0.1) is 0 Å². The molecule has 0 fully saturated rings. The van der Waals surface area contributed by atoms with Crippen LogP contribution in [0.1, 0.15) is 24.9 Å². The lowest BCUT2D eigenvalue weighted by atomic mass is 10.1. The van der Waals surface area contributed by atoms with Crippen molar-refractivity contribution in [1.82, 2.24) is 15.0 Å². The van der Waals surface area contributed by atoms with E-state index < -0.39 is 6.04 Å². The van der Waals surface area contributed by atoms with Gasteiger partial charge >= 0.3 is 0 Å². The lowest BCUT2D eigenvalue weighted by molar-refractivity contribution is -0.127. The van der Waals surface area contributed by atoms with Crippen molar-refractivity contribution >= 4 is 39.3 Å². The molecule has 0 saturated heterocycles. The number of allylic oxidation sites excluding steroid dienone is 1. The fourth-order valence-electron chi connectivity index (χ4n) is 2.99. The molecule has 3 aromatic rings. The standard InChI is InChI=1S/C24H26N4O2S/c1-3-4-10-17(2)23(29)27-21(18-11-6-5-7-12-18)24(30)26-16-15-25-22-19-13-8-9-14-20(19)31-28-22/h4-14,21H,2-3,15-16H2,1H3,(H,25,28)(H,26,30)(H,27,29)/b10-4-. The summed E-state index contributed by atoms with van der Waals surface area (Å²) in [5, 5.41) is 10.00. The number of fused-ring (bicyclic) bond motifs is 1. The molecule has 0 radical (unpaired) electrons. The molecule has 6 nitrogen and oxygen atoms in total. The summed E-state index contributed by atoms with van der Waals surface area (Å²) in [5.74, 6) is 0.152. The van der Waals surface area contributed by atoms with Crippen LogP contribution in [0.4, 0.5) is 5.82 Å². The predicted molar refractivity (Wildman–Crippen MR) is 127 cm³/mol. The predicted octanol–water partition coefficient (Wildman–Crippen LogP) is 4.20. The van der Waals surface area contributed by atoms with Gasteiger partial charge in [-0.05, 0) is 35.6 Å². The third-order valence-corrected chi connectivity index (χ3v) is 5.44. The summed E-state index contributed by atoms with van der Waals surface area (Å²) in [6.45, 7) is 6.66. The highest BCUT2D eigenvalue weighted by Crippen LogP contribution is 2.25. The Kier molecular flexibility index (Phi) is 7.95. The Morgan fingerprint density at radius 2 is 1.84 bits per heavy atom. The van der Waals surface area contributed by atoms with Crippen molar-refractivity contribution in [3.05, 3.63) is 84.5 Å². The van der Waals surface area contributed by atoms with Crippen molar-refractivity contribution in [3.63, 3.8) is 0 Å². The molecule has 0 aliphatic carbocycles. The SMILES string of the molecule is C=C(/C=C\CC)C(=O)NC(C(=O)NCCNc1nsc2ccccc12)c1ccccc1. The van der Waals surface area contributed by atoms with Crippen LogP contribution >= 0.6 is 11.5 Å². The van der Waals surface area contributed by atoms with E-state index in [0.717, 1.165) is 22.3 Å². The summed E-state index contributed by atoms with van der Waals surface area (Å²) in [4.78, 5) is 25.4. The fourth-order valence-corrected chi connectivity index (χ4v) is 3.74. The molecule has 7 heteroatoms. The lowest BCUT2D eigenvalue weighted by Gasteiger charge is -2.19. The first-order valence-electron chi connectivity index (χ1n) is 10.2. The minimum atomic E-state index is -0.805. The number of nitrogens with one attached hydrogen (secondary N) is 3. The molecule has 2 aromatic carbocycles. The Labute approximate surface area is 186 Å². The van der Waals surface area contributed by atoms with Crippen LogP contribution in [0.2, 0.25) is 0 Å². The Hall–Kier alpha value is -3.45. The topological polar surface area (TPSA) is 83.1 Å². The molecule has 0 aliphatic rings. The second kappa shape index (κ2) is 11.1. The maximum Gasteiger partial charge on any atom is 0.251 e. The summed E-state index contributed by atoms with van der Waals surface area (Å²) in [5.41, 5.74) is 1.02. The van der Waals surface area contributed by atoms with Gasteiger partial charge in [0.15, 0.2) is 0 Å². The Bertz CT molecular complexity index is 1080. The van der Waals surface area contributed by atoms with E-state index in [4.69, 9.17) is 0 Å². The molecule has 3 N–H and O–H groups in total. The van der Waals surface area contributed by atoms with E-state index in [9.17, 15) is 9.59 Å². The van der Waals surface area contributed by atoms with E-state index >= 15 is 0 Å². The first-order chi connectivity index (χ1) is 15.1. The molecule has 0 bridgehead atoms. The number of rotatable bonds is 10. The van der Waals surface area contributed by atoms with Gasteiger partial charge < -0.3 is 16.0 Å². The Morgan fingerprint density at radius 1 is 1.10 bits per heavy atom. The van der Waals surface area contributed by atoms with Crippen LogP contribution in [0.5, 0.6) is 0 Å². The number of hydrogen-bond donors (Lipinski definition) is 3. The van der Waals surface area contributed by atoms with Crippen LogP contribution < -0.4 is 16.0 Å². The minimum Gasteiger partial charge on any atom is -0.367 e. The summed E-state index contributed by atoms with van der Waals surface area (Å²) in [7, 11) is 0. The maximum atomic E-state index is 12.9. The van der Waals surface area contributed by atoms with Crippen molar-refractivity contribution in [3.8, 4) is 0 Å². The van der Waals surface area contributed by atoms with E-state index in [0.29, 0.717) is 24.2 Å². The molecule has 1 aromatic heterocycles. The number of nitrogens with zero attached hydrogens (tertiary/aromatic N) is 1. The number of benzene rings is 2. The van der Waals surface area contributed by atoms with Gasteiger partial charge in [-0.3, -0.25) is 9.59 Å². The number of hydrogen-bond acceptors (Lipinski definition) is 5. The van der Waals surface area contributed by atoms with Crippen LogP contribution in [-0.2, 0) is 9.59 Å². The van der Waals surface area contributed by atoms with Gasteiger partial charge in [0.1, 0.15) is 11.9 Å². The average molecular weight is 435 g/mol. The van der Waals surface area contributed by atoms with Crippen molar-refractivity contribution in [1.29, 1.82) is 0 Å². The monoisotopic (exact) mass is 434 g/mol. The molecule has 3 rings (SSSR count). The number of carbonyl (C=O) groups is 2. The molecule has 1 unspecified atom stereocenters. The third kappa shape index (κ3) is 6.02. The Balaban J connectivity index is 1.59. The highest BCUT2D eigenvalue weighted by molar-refractivity contribution is 7.13. The van der Waals surface area contributed by atoms with Gasteiger partial charge in [-0.25, -0.2) is 0 Å². The molecule has 0 aliphatic heterocycles. The second-order valence-corrected chi connectivity index (χ2v) is 7.70. The van der Waals surface area contributed by atoms with Crippen LogP contribution in [0.15, 0.2) is 78.9 Å². The molecule has 1 atom stereocenters. The van der Waals surface area contributed by atoms with Gasteiger partial charge in [0.2, 0.25) is 5.91 Å². The maximum absolute atomic E-state index is 12.9. The molecular formula is C24H26N4O2S. The smallest absolute Gasteiger partial charge is 0.251 e. The molecule has 2 amide bonds. The van der Waals surface area contributed by atoms with Gasteiger partial charge in [0, 0.05) is 24.0 Å². The summed E-state index contributed by atoms with van der Waals surface area (Å²) in [6.07, 6.45) is 4.32. The van der Waals surface area contributed by atoms with Crippen LogP contribution in [0, 0.1) is 0 Å². The number of carbonyl (C=O) groups excluding carboxylic acids is 2. The first-order valence-corrected chi connectivity index (χ1v) is 10.9. The van der Waals surface area contributed by atoms with Crippen molar-refractivity contribution in [2.45, 2.75) is 19.4 Å². The number of anilines is 1. The van der Waals surface area contributed by atoms with Crippen LogP contribution in [0.3, 0.4) is 0 Å². The van der Waals surface area contributed by atoms with Crippen molar-refractivity contribution in [2.75, 3.05) is 18.4 Å². The number of amides is 2. The summed E-state index contributed by atoms with van der Waals surface area (Å²) in [6, 6.07) is 16.4. The largest absolute Gasteiger partial charge is 0.367 e. The fraction of sp³-hybridized carbons (Fsp3) is 0.208. The van der Waals surface area contributed by atoms with Gasteiger partial charge in [0.25, 0.3) is 5.91 Å². The highest BCUT2D eigenvalue weighted by Gasteiger charge is 2.22. The zero-order chi connectivity index (χ0) is 22.1. The van der Waals surface area contributed by atoms with Gasteiger partial charge in [-0.1, -0.05) is 68.1 Å².